The molecule has 3 rings (SSSR count). The van der Waals surface area contributed by atoms with E-state index in [0.717, 1.165) is 12.8 Å². The molecular formula is C14H21N5O3. The van der Waals surface area contributed by atoms with Crippen molar-refractivity contribution in [3.63, 3.8) is 0 Å². The maximum absolute atomic E-state index is 12.2. The van der Waals surface area contributed by atoms with Crippen molar-refractivity contribution in [1.29, 1.82) is 0 Å². The first-order valence-electron chi connectivity index (χ1n) is 7.49. The number of hydrogen-bond acceptors (Lipinski definition) is 7. The van der Waals surface area contributed by atoms with E-state index >= 15 is 0 Å². The van der Waals surface area contributed by atoms with E-state index in [1.165, 1.54) is 4.80 Å². The average Bonchev–Trinajstić information content (AvgIpc) is 3.09. The third-order valence-corrected chi connectivity index (χ3v) is 3.91. The number of carbonyl (C=O) groups is 1. The number of oxime groups is 1. The van der Waals surface area contributed by atoms with E-state index in [4.69, 9.17) is 9.57 Å². The van der Waals surface area contributed by atoms with Crippen LogP contribution in [0.25, 0.3) is 0 Å². The molecule has 8 heteroatoms. The van der Waals surface area contributed by atoms with E-state index in [1.807, 2.05) is 20.8 Å². The molecule has 0 saturated heterocycles. The number of ether oxygens (including phenoxy) is 1. The predicted molar refractivity (Wildman–Crippen MR) is 77.0 cm³/mol. The minimum absolute atomic E-state index is 0.136. The van der Waals surface area contributed by atoms with Crippen molar-refractivity contribution in [1.82, 2.24) is 20.2 Å². The Morgan fingerprint density at radius 2 is 2.23 bits per heavy atom. The zero-order valence-electron chi connectivity index (χ0n) is 13.4. The number of aryl methyl sites for hydroxylation is 1. The second-order valence-corrected chi connectivity index (χ2v) is 7.06. The van der Waals surface area contributed by atoms with E-state index in [-0.39, 0.29) is 11.9 Å². The lowest BCUT2D eigenvalue weighted by atomic mass is 9.94. The highest BCUT2D eigenvalue weighted by Gasteiger charge is 2.49. The van der Waals surface area contributed by atoms with Gasteiger partial charge in [-0.25, -0.2) is 0 Å². The Balaban J connectivity index is 1.63. The van der Waals surface area contributed by atoms with Crippen LogP contribution in [0.2, 0.25) is 0 Å². The smallest absolute Gasteiger partial charge is 0.309 e. The number of tetrazole rings is 1. The van der Waals surface area contributed by atoms with Gasteiger partial charge in [-0.1, -0.05) is 5.16 Å². The summed E-state index contributed by atoms with van der Waals surface area (Å²) < 4.78 is 5.47. The van der Waals surface area contributed by atoms with Gasteiger partial charge in [0, 0.05) is 12.8 Å². The minimum Gasteiger partial charge on any atom is -0.460 e. The minimum atomic E-state index is -0.464. The molecule has 0 amide bonds. The van der Waals surface area contributed by atoms with Gasteiger partial charge in [0.2, 0.25) is 5.82 Å². The molecule has 1 aliphatic carbocycles. The van der Waals surface area contributed by atoms with Gasteiger partial charge >= 0.3 is 5.97 Å². The van der Waals surface area contributed by atoms with Crippen LogP contribution in [0, 0.1) is 5.92 Å². The average molecular weight is 307 g/mol. The predicted octanol–water partition coefficient (Wildman–Crippen LogP) is 1.22. The molecule has 2 heterocycles. The fraction of sp³-hybridized carbons (Fsp3) is 0.786. The molecule has 0 radical (unpaired) electrons. The molecule has 22 heavy (non-hydrogen) atoms. The van der Waals surface area contributed by atoms with Crippen molar-refractivity contribution in [3.05, 3.63) is 5.82 Å². The third kappa shape index (κ3) is 2.95. The summed E-state index contributed by atoms with van der Waals surface area (Å²) >= 11 is 0. The molecule has 120 valence electrons. The number of nitrogens with zero attached hydrogens (tertiary/aromatic N) is 5. The van der Waals surface area contributed by atoms with Crippen LogP contribution in [0.5, 0.6) is 0 Å². The molecule has 1 fully saturated rings. The SMILES string of the molecule is Cn1nnc(C2=NOC3(CCC(C(=O)OC(C)(C)C)C3)C2)n1. The highest BCUT2D eigenvalue weighted by Crippen LogP contribution is 2.44. The van der Waals surface area contributed by atoms with Gasteiger partial charge in [0.05, 0.1) is 13.0 Å². The standard InChI is InChI=1S/C14H21N5O3/c1-13(2,3)21-12(20)9-5-6-14(7-9)8-10(17-22-14)11-15-18-19(4)16-11/h9H,5-8H2,1-4H3. The zero-order valence-corrected chi connectivity index (χ0v) is 13.4. The largest absolute Gasteiger partial charge is 0.460 e. The Kier molecular flexibility index (Phi) is 3.41. The maximum Gasteiger partial charge on any atom is 0.309 e. The molecule has 0 N–H and O–H groups in total. The van der Waals surface area contributed by atoms with Gasteiger partial charge in [-0.15, -0.1) is 10.2 Å². The quantitative estimate of drug-likeness (QED) is 0.763. The summed E-state index contributed by atoms with van der Waals surface area (Å²) in [5.41, 5.74) is -0.192. The molecule has 1 saturated carbocycles. The van der Waals surface area contributed by atoms with Crippen molar-refractivity contribution in [2.24, 2.45) is 18.1 Å². The number of esters is 1. The Morgan fingerprint density at radius 3 is 2.86 bits per heavy atom. The van der Waals surface area contributed by atoms with Crippen LogP contribution in [0.1, 0.15) is 52.3 Å². The normalized spacial score (nSPS) is 27.8. The fourth-order valence-corrected chi connectivity index (χ4v) is 2.96. The van der Waals surface area contributed by atoms with Crippen molar-refractivity contribution >= 4 is 11.7 Å². The van der Waals surface area contributed by atoms with Gasteiger partial charge < -0.3 is 9.57 Å². The van der Waals surface area contributed by atoms with Crippen molar-refractivity contribution in [2.75, 3.05) is 0 Å². The van der Waals surface area contributed by atoms with E-state index in [0.29, 0.717) is 24.4 Å². The first-order chi connectivity index (χ1) is 10.3. The Bertz CT molecular complexity index is 618. The molecular weight excluding hydrogens is 286 g/mol. The van der Waals surface area contributed by atoms with E-state index in [9.17, 15) is 4.79 Å². The van der Waals surface area contributed by atoms with Crippen LogP contribution in [0.15, 0.2) is 5.16 Å². The maximum atomic E-state index is 12.2. The molecule has 0 aromatic carbocycles. The van der Waals surface area contributed by atoms with Crippen LogP contribution < -0.4 is 0 Å². The van der Waals surface area contributed by atoms with Gasteiger partial charge in [0.15, 0.2) is 0 Å². The fourth-order valence-electron chi connectivity index (χ4n) is 2.96. The summed E-state index contributed by atoms with van der Waals surface area (Å²) in [5.74, 6) is 0.197. The lowest BCUT2D eigenvalue weighted by Gasteiger charge is -2.23. The zero-order chi connectivity index (χ0) is 16.0. The summed E-state index contributed by atoms with van der Waals surface area (Å²) in [6.45, 7) is 5.63. The summed E-state index contributed by atoms with van der Waals surface area (Å²) in [7, 11) is 1.71. The van der Waals surface area contributed by atoms with E-state index in [1.54, 1.807) is 7.05 Å². The molecule has 1 aromatic rings. The van der Waals surface area contributed by atoms with Gasteiger partial charge in [-0.3, -0.25) is 4.79 Å². The summed E-state index contributed by atoms with van der Waals surface area (Å²) in [6.07, 6.45) is 2.77. The van der Waals surface area contributed by atoms with Crippen LogP contribution in [-0.4, -0.2) is 43.1 Å². The summed E-state index contributed by atoms with van der Waals surface area (Å²) in [6, 6.07) is 0. The lowest BCUT2D eigenvalue weighted by molar-refractivity contribution is -0.160. The van der Waals surface area contributed by atoms with Gasteiger partial charge in [-0.05, 0) is 38.8 Å². The molecule has 0 bridgehead atoms. The number of carbonyl (C=O) groups excluding carboxylic acids is 1. The number of aromatic nitrogens is 4. The Hall–Kier alpha value is -1.99. The summed E-state index contributed by atoms with van der Waals surface area (Å²) in [4.78, 5) is 19.2. The molecule has 2 atom stereocenters. The Labute approximate surface area is 128 Å². The molecule has 1 spiro atoms. The van der Waals surface area contributed by atoms with Crippen LogP contribution in [0.4, 0.5) is 0 Å². The molecule has 2 unspecified atom stereocenters. The number of rotatable bonds is 2. The van der Waals surface area contributed by atoms with Crippen molar-refractivity contribution < 1.29 is 14.4 Å². The lowest BCUT2D eigenvalue weighted by Crippen LogP contribution is -2.30. The van der Waals surface area contributed by atoms with Crippen LogP contribution in [0.3, 0.4) is 0 Å². The first-order valence-corrected chi connectivity index (χ1v) is 7.49. The summed E-state index contributed by atoms with van der Waals surface area (Å²) in [5, 5.41) is 16.0. The van der Waals surface area contributed by atoms with Gasteiger partial charge in [0.1, 0.15) is 16.9 Å². The van der Waals surface area contributed by atoms with Gasteiger partial charge in [-0.2, -0.15) is 4.80 Å². The van der Waals surface area contributed by atoms with Crippen molar-refractivity contribution in [3.8, 4) is 0 Å². The first kappa shape index (κ1) is 14.9. The Morgan fingerprint density at radius 1 is 1.45 bits per heavy atom. The molecule has 2 aliphatic rings. The van der Waals surface area contributed by atoms with E-state index in [2.05, 4.69) is 20.6 Å². The molecule has 8 nitrogen and oxygen atoms in total. The van der Waals surface area contributed by atoms with Crippen molar-refractivity contribution in [2.45, 2.75) is 57.7 Å². The monoisotopic (exact) mass is 307 g/mol. The van der Waals surface area contributed by atoms with Gasteiger partial charge in [0.25, 0.3) is 0 Å². The molecule has 1 aliphatic heterocycles. The van der Waals surface area contributed by atoms with Crippen LogP contribution in [-0.2, 0) is 21.4 Å². The highest BCUT2D eigenvalue weighted by atomic mass is 16.7. The number of hydrogen-bond donors (Lipinski definition) is 0. The second kappa shape index (κ2) is 5.03. The van der Waals surface area contributed by atoms with Crippen LogP contribution >= 0.6 is 0 Å². The third-order valence-electron chi connectivity index (χ3n) is 3.91. The molecule has 1 aromatic heterocycles. The topological polar surface area (TPSA) is 91.5 Å². The highest BCUT2D eigenvalue weighted by molar-refractivity contribution is 5.98. The second-order valence-electron chi connectivity index (χ2n) is 7.06. The van der Waals surface area contributed by atoms with E-state index < -0.39 is 11.2 Å².